The number of halogens is 1. The minimum atomic E-state index is -0.715. The second-order valence-electron chi connectivity index (χ2n) is 7.28. The van der Waals surface area contributed by atoms with Crippen LogP contribution >= 0.6 is 11.6 Å². The number of aromatic nitrogens is 1. The molecule has 0 spiro atoms. The number of amides is 1. The van der Waals surface area contributed by atoms with Crippen molar-refractivity contribution in [2.24, 2.45) is 0 Å². The van der Waals surface area contributed by atoms with Gasteiger partial charge in [-0.15, -0.1) is 0 Å². The van der Waals surface area contributed by atoms with Crippen molar-refractivity contribution in [1.82, 2.24) is 9.88 Å². The Labute approximate surface area is 178 Å². The Balaban J connectivity index is 1.76. The summed E-state index contributed by atoms with van der Waals surface area (Å²) < 4.78 is 5.70. The highest BCUT2D eigenvalue weighted by atomic mass is 35.5. The van der Waals surface area contributed by atoms with E-state index in [9.17, 15) is 14.7 Å². The lowest BCUT2D eigenvalue weighted by Gasteiger charge is -2.26. The first-order valence-electron chi connectivity index (χ1n) is 9.89. The zero-order chi connectivity index (χ0) is 21.3. The first-order valence-corrected chi connectivity index (χ1v) is 10.3. The van der Waals surface area contributed by atoms with E-state index in [2.05, 4.69) is 11.9 Å². The van der Waals surface area contributed by atoms with Crippen molar-refractivity contribution in [2.45, 2.75) is 32.2 Å². The number of carbonyl (C=O) groups excluding carboxylic acids is 2. The second-order valence-corrected chi connectivity index (χ2v) is 7.72. The van der Waals surface area contributed by atoms with Crippen LogP contribution in [-0.2, 0) is 4.79 Å². The van der Waals surface area contributed by atoms with Gasteiger partial charge in [0.25, 0.3) is 5.91 Å². The summed E-state index contributed by atoms with van der Waals surface area (Å²) in [5, 5.41) is 11.8. The molecule has 154 valence electrons. The minimum Gasteiger partial charge on any atom is -0.503 e. The van der Waals surface area contributed by atoms with E-state index in [1.165, 1.54) is 4.90 Å². The third kappa shape index (κ3) is 3.59. The van der Waals surface area contributed by atoms with Crippen LogP contribution in [-0.4, -0.2) is 33.2 Å². The molecule has 4 rings (SSSR count). The number of hydrogen-bond acceptors (Lipinski definition) is 5. The fraction of sp³-hybridized carbons (Fsp3) is 0.261. The molecule has 0 saturated carbocycles. The fourth-order valence-electron chi connectivity index (χ4n) is 3.79. The van der Waals surface area contributed by atoms with Crippen molar-refractivity contribution in [3.05, 3.63) is 76.5 Å². The molecule has 30 heavy (non-hydrogen) atoms. The number of furan rings is 1. The van der Waals surface area contributed by atoms with Crippen LogP contribution in [0, 0.1) is 0 Å². The van der Waals surface area contributed by atoms with Gasteiger partial charge in [-0.1, -0.05) is 37.4 Å². The molecule has 3 heterocycles. The van der Waals surface area contributed by atoms with Crippen LogP contribution in [0.3, 0.4) is 0 Å². The molecule has 1 aliphatic rings. The van der Waals surface area contributed by atoms with Crippen molar-refractivity contribution in [1.29, 1.82) is 0 Å². The maximum absolute atomic E-state index is 13.4. The molecule has 1 N–H and O–H groups in total. The molecule has 1 aliphatic heterocycles. The number of carbonyl (C=O) groups is 2. The summed E-state index contributed by atoms with van der Waals surface area (Å²) in [4.78, 5) is 31.9. The molecule has 0 bridgehead atoms. The molecule has 0 aliphatic carbocycles. The number of pyridine rings is 1. The van der Waals surface area contributed by atoms with Gasteiger partial charge < -0.3 is 14.4 Å². The van der Waals surface area contributed by atoms with E-state index in [0.717, 1.165) is 19.3 Å². The maximum atomic E-state index is 13.4. The summed E-state index contributed by atoms with van der Waals surface area (Å²) in [6.07, 6.45) is 5.94. The Kier molecular flexibility index (Phi) is 5.59. The SMILES string of the molecule is CCCCCN1C(=O)C(O)=C(C(=O)c2cc3cc(Cl)ccc3o2)C1c1cccnc1. The number of aliphatic hydroxyl groups excluding tert-OH is 1. The summed E-state index contributed by atoms with van der Waals surface area (Å²) in [7, 11) is 0. The number of ketones is 1. The third-order valence-electron chi connectivity index (χ3n) is 5.25. The van der Waals surface area contributed by atoms with Gasteiger partial charge in [0.1, 0.15) is 5.58 Å². The largest absolute Gasteiger partial charge is 0.503 e. The van der Waals surface area contributed by atoms with E-state index in [4.69, 9.17) is 16.0 Å². The molecule has 1 unspecified atom stereocenters. The third-order valence-corrected chi connectivity index (χ3v) is 5.49. The molecule has 0 saturated heterocycles. The predicted molar refractivity (Wildman–Crippen MR) is 113 cm³/mol. The first kappa shape index (κ1) is 20.2. The van der Waals surface area contributed by atoms with Gasteiger partial charge in [-0.3, -0.25) is 14.6 Å². The first-order chi connectivity index (χ1) is 14.5. The van der Waals surface area contributed by atoms with Crippen LogP contribution in [0.15, 0.2) is 64.5 Å². The summed E-state index contributed by atoms with van der Waals surface area (Å²) in [5.41, 5.74) is 1.17. The lowest BCUT2D eigenvalue weighted by Crippen LogP contribution is -2.32. The lowest BCUT2D eigenvalue weighted by atomic mass is 9.96. The Hall–Kier alpha value is -3.12. The Morgan fingerprint density at radius 3 is 2.83 bits per heavy atom. The van der Waals surface area contributed by atoms with Gasteiger partial charge in [-0.2, -0.15) is 0 Å². The van der Waals surface area contributed by atoms with Gasteiger partial charge in [-0.25, -0.2) is 0 Å². The second kappa shape index (κ2) is 8.32. The number of hydrogen-bond donors (Lipinski definition) is 1. The van der Waals surface area contributed by atoms with Crippen LogP contribution in [0.25, 0.3) is 11.0 Å². The van der Waals surface area contributed by atoms with Crippen molar-refractivity contribution >= 4 is 34.3 Å². The zero-order valence-electron chi connectivity index (χ0n) is 16.5. The van der Waals surface area contributed by atoms with Gasteiger partial charge in [0.2, 0.25) is 5.78 Å². The maximum Gasteiger partial charge on any atom is 0.290 e. The van der Waals surface area contributed by atoms with E-state index >= 15 is 0 Å². The van der Waals surface area contributed by atoms with Crippen LogP contribution in [0.1, 0.15) is 48.3 Å². The monoisotopic (exact) mass is 424 g/mol. The smallest absolute Gasteiger partial charge is 0.290 e. The highest BCUT2D eigenvalue weighted by Crippen LogP contribution is 2.39. The summed E-state index contributed by atoms with van der Waals surface area (Å²) in [5.74, 6) is -1.57. The Bertz CT molecular complexity index is 1140. The molecule has 6 nitrogen and oxygen atoms in total. The summed E-state index contributed by atoms with van der Waals surface area (Å²) in [6, 6.07) is 9.44. The van der Waals surface area contributed by atoms with E-state index < -0.39 is 23.5 Å². The van der Waals surface area contributed by atoms with E-state index in [0.29, 0.717) is 28.1 Å². The van der Waals surface area contributed by atoms with Gasteiger partial charge in [0.15, 0.2) is 11.5 Å². The average molecular weight is 425 g/mol. The van der Waals surface area contributed by atoms with Crippen LogP contribution in [0.2, 0.25) is 5.02 Å². The standard InChI is InChI=1S/C23H21ClN2O4/c1-2-3-4-10-26-20(14-6-5-9-25-13-14)19(22(28)23(26)29)21(27)18-12-15-11-16(24)7-8-17(15)30-18/h5-9,11-13,20,28H,2-4,10H2,1H3. The van der Waals surface area contributed by atoms with E-state index in [-0.39, 0.29) is 11.3 Å². The van der Waals surface area contributed by atoms with E-state index in [1.54, 1.807) is 48.8 Å². The van der Waals surface area contributed by atoms with Crippen molar-refractivity contribution in [3.8, 4) is 0 Å². The van der Waals surface area contributed by atoms with Gasteiger partial charge in [0.05, 0.1) is 11.6 Å². The highest BCUT2D eigenvalue weighted by molar-refractivity contribution is 6.31. The number of unbranched alkanes of at least 4 members (excludes halogenated alkanes) is 2. The Morgan fingerprint density at radius 2 is 2.10 bits per heavy atom. The molecule has 2 aromatic heterocycles. The molecule has 3 aromatic rings. The van der Waals surface area contributed by atoms with E-state index in [1.807, 2.05) is 0 Å². The molecule has 1 atom stereocenters. The number of benzene rings is 1. The number of nitrogens with zero attached hydrogens (tertiary/aromatic N) is 2. The molecule has 1 amide bonds. The Morgan fingerprint density at radius 1 is 1.27 bits per heavy atom. The number of rotatable bonds is 7. The van der Waals surface area contributed by atoms with Gasteiger partial charge in [-0.05, 0) is 42.3 Å². The normalized spacial score (nSPS) is 16.7. The molecule has 0 fully saturated rings. The van der Waals surface area contributed by atoms with Crippen LogP contribution in [0.4, 0.5) is 0 Å². The molecular weight excluding hydrogens is 404 g/mol. The minimum absolute atomic E-state index is 0.00894. The number of fused-ring (bicyclic) bond motifs is 1. The van der Waals surface area contributed by atoms with Crippen LogP contribution < -0.4 is 0 Å². The average Bonchev–Trinajstić information content (AvgIpc) is 3.28. The fourth-order valence-corrected chi connectivity index (χ4v) is 3.97. The topological polar surface area (TPSA) is 83.6 Å². The predicted octanol–water partition coefficient (Wildman–Crippen LogP) is 5.25. The van der Waals surface area contributed by atoms with Crippen molar-refractivity contribution in [2.75, 3.05) is 6.54 Å². The zero-order valence-corrected chi connectivity index (χ0v) is 17.2. The van der Waals surface area contributed by atoms with Crippen LogP contribution in [0.5, 0.6) is 0 Å². The quantitative estimate of drug-likeness (QED) is 0.413. The number of aliphatic hydroxyl groups is 1. The van der Waals surface area contributed by atoms with Crippen molar-refractivity contribution < 1.29 is 19.1 Å². The highest BCUT2D eigenvalue weighted by Gasteiger charge is 2.44. The lowest BCUT2D eigenvalue weighted by molar-refractivity contribution is -0.129. The summed E-state index contributed by atoms with van der Waals surface area (Å²) >= 11 is 6.03. The summed E-state index contributed by atoms with van der Waals surface area (Å²) in [6.45, 7) is 2.51. The number of Topliss-reactive ketones (excluding diaryl/α,β-unsaturated/α-hetero) is 1. The molecule has 7 heteroatoms. The molecular formula is C23H21ClN2O4. The van der Waals surface area contributed by atoms with Gasteiger partial charge >= 0.3 is 0 Å². The molecule has 1 aromatic carbocycles. The molecule has 0 radical (unpaired) electrons. The van der Waals surface area contributed by atoms with Gasteiger partial charge in [0, 0.05) is 29.3 Å². The van der Waals surface area contributed by atoms with Crippen molar-refractivity contribution in [3.63, 3.8) is 0 Å².